The van der Waals surface area contributed by atoms with Gasteiger partial charge in [-0.2, -0.15) is 0 Å². The summed E-state index contributed by atoms with van der Waals surface area (Å²) in [5.41, 5.74) is 1.85. The lowest BCUT2D eigenvalue weighted by Crippen LogP contribution is -2.05. The van der Waals surface area contributed by atoms with Gasteiger partial charge in [0.05, 0.1) is 12.8 Å². The van der Waals surface area contributed by atoms with E-state index in [1.54, 1.807) is 14.2 Å². The second-order valence-corrected chi connectivity index (χ2v) is 3.35. The molecule has 0 radical (unpaired) electrons. The van der Waals surface area contributed by atoms with Gasteiger partial charge in [0.1, 0.15) is 12.5 Å². The van der Waals surface area contributed by atoms with E-state index in [1.807, 2.05) is 19.1 Å². The maximum absolute atomic E-state index is 5.92. The van der Waals surface area contributed by atoms with Crippen LogP contribution in [0.1, 0.15) is 5.56 Å². The number of aryl methyl sites for hydroxylation is 1. The lowest BCUT2D eigenvalue weighted by atomic mass is 10.2. The van der Waals surface area contributed by atoms with E-state index in [9.17, 15) is 0 Å². The summed E-state index contributed by atoms with van der Waals surface area (Å²) >= 11 is 5.92. The van der Waals surface area contributed by atoms with Gasteiger partial charge in [-0.15, -0.1) is 0 Å². The van der Waals surface area contributed by atoms with E-state index >= 15 is 0 Å². The number of halogens is 1. The second-order valence-electron chi connectivity index (χ2n) is 2.91. The molecule has 0 saturated carbocycles. The largest absolute Gasteiger partial charge is 0.494 e. The first-order valence-corrected chi connectivity index (χ1v) is 4.63. The van der Waals surface area contributed by atoms with Gasteiger partial charge in [0.25, 0.3) is 0 Å². The third-order valence-corrected chi connectivity index (χ3v) is 2.07. The molecule has 0 aliphatic rings. The molecule has 0 saturated heterocycles. The predicted octanol–water partition coefficient (Wildman–Crippen LogP) is 2.67. The van der Waals surface area contributed by atoms with Crippen molar-refractivity contribution in [3.05, 3.63) is 22.7 Å². The van der Waals surface area contributed by atoms with Crippen LogP contribution >= 0.6 is 11.6 Å². The Morgan fingerprint density at radius 3 is 2.64 bits per heavy atom. The molecule has 4 heteroatoms. The Bertz CT molecular complexity index is 315. The quantitative estimate of drug-likeness (QED) is 0.784. The van der Waals surface area contributed by atoms with Crippen LogP contribution in [0.2, 0.25) is 5.02 Å². The third kappa shape index (κ3) is 2.53. The van der Waals surface area contributed by atoms with E-state index in [1.165, 1.54) is 0 Å². The van der Waals surface area contributed by atoms with E-state index < -0.39 is 0 Å². The van der Waals surface area contributed by atoms with Crippen molar-refractivity contribution in [3.8, 4) is 5.75 Å². The Morgan fingerprint density at radius 1 is 1.36 bits per heavy atom. The van der Waals surface area contributed by atoms with Gasteiger partial charge in [-0.1, -0.05) is 11.6 Å². The molecule has 0 atom stereocenters. The molecule has 1 rings (SSSR count). The summed E-state index contributed by atoms with van der Waals surface area (Å²) in [6, 6.07) is 3.67. The third-order valence-electron chi connectivity index (χ3n) is 1.85. The van der Waals surface area contributed by atoms with Gasteiger partial charge in [0.2, 0.25) is 0 Å². The first kappa shape index (κ1) is 11.1. The van der Waals surface area contributed by atoms with Crippen LogP contribution in [0, 0.1) is 6.92 Å². The molecule has 0 aromatic heterocycles. The molecule has 0 aliphatic carbocycles. The van der Waals surface area contributed by atoms with Crippen molar-refractivity contribution in [1.29, 1.82) is 0 Å². The number of ether oxygens (including phenoxy) is 2. The van der Waals surface area contributed by atoms with Crippen molar-refractivity contribution < 1.29 is 9.47 Å². The summed E-state index contributed by atoms with van der Waals surface area (Å²) in [6.45, 7) is 2.37. The van der Waals surface area contributed by atoms with E-state index in [0.717, 1.165) is 17.0 Å². The number of hydrogen-bond acceptors (Lipinski definition) is 3. The van der Waals surface area contributed by atoms with Crippen molar-refractivity contribution in [1.82, 2.24) is 0 Å². The van der Waals surface area contributed by atoms with Crippen LogP contribution in [-0.2, 0) is 4.74 Å². The summed E-state index contributed by atoms with van der Waals surface area (Å²) in [7, 11) is 3.26. The van der Waals surface area contributed by atoms with Crippen LogP contribution in [0.3, 0.4) is 0 Å². The molecule has 0 unspecified atom stereocenters. The molecule has 0 aliphatic heterocycles. The summed E-state index contributed by atoms with van der Waals surface area (Å²) in [5.74, 6) is 0.798. The number of rotatable bonds is 4. The zero-order valence-electron chi connectivity index (χ0n) is 8.56. The number of hydrogen-bond donors (Lipinski definition) is 1. The molecule has 0 spiro atoms. The molecular formula is C10H14ClNO2. The van der Waals surface area contributed by atoms with Crippen molar-refractivity contribution >= 4 is 17.3 Å². The summed E-state index contributed by atoms with van der Waals surface area (Å²) in [4.78, 5) is 0. The maximum atomic E-state index is 5.92. The van der Waals surface area contributed by atoms with Gasteiger partial charge >= 0.3 is 0 Å². The van der Waals surface area contributed by atoms with Crippen molar-refractivity contribution in [2.45, 2.75) is 6.92 Å². The smallest absolute Gasteiger partial charge is 0.145 e. The Labute approximate surface area is 89.0 Å². The normalized spacial score (nSPS) is 10.0. The van der Waals surface area contributed by atoms with E-state index in [-0.39, 0.29) is 0 Å². The van der Waals surface area contributed by atoms with E-state index in [0.29, 0.717) is 11.8 Å². The summed E-state index contributed by atoms with van der Waals surface area (Å²) < 4.78 is 10.2. The van der Waals surface area contributed by atoms with E-state index in [2.05, 4.69) is 5.32 Å². The fourth-order valence-corrected chi connectivity index (χ4v) is 1.55. The van der Waals surface area contributed by atoms with Gasteiger partial charge in [-0.3, -0.25) is 0 Å². The standard InChI is InChI=1S/C10H14ClNO2/c1-7-4-8(11)5-9(10(7)14-3)12-6-13-2/h4-5,12H,6H2,1-3H3. The highest BCUT2D eigenvalue weighted by Gasteiger charge is 2.07. The number of anilines is 1. The fourth-order valence-electron chi connectivity index (χ4n) is 1.28. The highest BCUT2D eigenvalue weighted by molar-refractivity contribution is 6.31. The highest BCUT2D eigenvalue weighted by atomic mass is 35.5. The summed E-state index contributed by atoms with van der Waals surface area (Å²) in [6.07, 6.45) is 0. The molecule has 14 heavy (non-hydrogen) atoms. The Hall–Kier alpha value is -0.930. The van der Waals surface area contributed by atoms with Crippen molar-refractivity contribution in [3.63, 3.8) is 0 Å². The average Bonchev–Trinajstić information content (AvgIpc) is 2.14. The zero-order valence-corrected chi connectivity index (χ0v) is 9.31. The fraction of sp³-hybridized carbons (Fsp3) is 0.400. The molecule has 0 heterocycles. The molecule has 1 aromatic carbocycles. The number of benzene rings is 1. The number of methoxy groups -OCH3 is 2. The first-order valence-electron chi connectivity index (χ1n) is 4.26. The lowest BCUT2D eigenvalue weighted by Gasteiger charge is -2.13. The molecule has 3 nitrogen and oxygen atoms in total. The van der Waals surface area contributed by atoms with Gasteiger partial charge in [0, 0.05) is 12.1 Å². The van der Waals surface area contributed by atoms with Gasteiger partial charge in [0.15, 0.2) is 0 Å². The molecular weight excluding hydrogens is 202 g/mol. The van der Waals surface area contributed by atoms with Crippen LogP contribution in [0.4, 0.5) is 5.69 Å². The first-order chi connectivity index (χ1) is 6.69. The molecule has 1 N–H and O–H groups in total. The van der Waals surface area contributed by atoms with E-state index in [4.69, 9.17) is 21.1 Å². The lowest BCUT2D eigenvalue weighted by molar-refractivity contribution is 0.221. The molecule has 0 fully saturated rings. The molecule has 0 bridgehead atoms. The SMILES string of the molecule is COCNc1cc(Cl)cc(C)c1OC. The second kappa shape index (κ2) is 5.08. The van der Waals surface area contributed by atoms with Crippen LogP contribution in [0.25, 0.3) is 0 Å². The topological polar surface area (TPSA) is 30.5 Å². The molecule has 0 amide bonds. The van der Waals surface area contributed by atoms with Crippen LogP contribution in [0.5, 0.6) is 5.75 Å². The minimum absolute atomic E-state index is 0.427. The minimum atomic E-state index is 0.427. The summed E-state index contributed by atoms with van der Waals surface area (Å²) in [5, 5.41) is 3.75. The Kier molecular flexibility index (Phi) is 4.04. The highest BCUT2D eigenvalue weighted by Crippen LogP contribution is 2.31. The van der Waals surface area contributed by atoms with Crippen LogP contribution in [-0.4, -0.2) is 21.0 Å². The maximum Gasteiger partial charge on any atom is 0.145 e. The molecule has 78 valence electrons. The van der Waals surface area contributed by atoms with Crippen molar-refractivity contribution in [2.75, 3.05) is 26.3 Å². The van der Waals surface area contributed by atoms with Crippen molar-refractivity contribution in [2.24, 2.45) is 0 Å². The molecule has 1 aromatic rings. The van der Waals surface area contributed by atoms with Crippen LogP contribution < -0.4 is 10.1 Å². The predicted molar refractivity (Wildman–Crippen MR) is 58.2 cm³/mol. The van der Waals surface area contributed by atoms with Gasteiger partial charge in [-0.05, 0) is 24.6 Å². The minimum Gasteiger partial charge on any atom is -0.494 e. The van der Waals surface area contributed by atoms with Gasteiger partial charge in [-0.25, -0.2) is 0 Å². The van der Waals surface area contributed by atoms with Crippen LogP contribution in [0.15, 0.2) is 12.1 Å². The number of nitrogens with one attached hydrogen (secondary N) is 1. The average molecular weight is 216 g/mol. The monoisotopic (exact) mass is 215 g/mol. The van der Waals surface area contributed by atoms with Gasteiger partial charge < -0.3 is 14.8 Å². The Morgan fingerprint density at radius 2 is 2.07 bits per heavy atom. The Balaban J connectivity index is 2.99. The zero-order chi connectivity index (χ0) is 10.6.